The first-order valence-electron chi connectivity index (χ1n) is 7.11. The first-order valence-corrected chi connectivity index (χ1v) is 7.11. The molecule has 0 aromatic heterocycles. The molecule has 5 heteroatoms. The fourth-order valence-electron chi connectivity index (χ4n) is 2.68. The van der Waals surface area contributed by atoms with Gasteiger partial charge in [-0.25, -0.2) is 4.39 Å². The summed E-state index contributed by atoms with van der Waals surface area (Å²) in [5.74, 6) is 0.517. The average Bonchev–Trinajstić information content (AvgIpc) is 2.39. The van der Waals surface area contributed by atoms with Crippen molar-refractivity contribution in [2.24, 2.45) is 5.92 Å². The van der Waals surface area contributed by atoms with Crippen molar-refractivity contribution in [1.29, 1.82) is 0 Å². The number of hydrogen-bond acceptors (Lipinski definition) is 4. The summed E-state index contributed by atoms with van der Waals surface area (Å²) in [6.07, 6.45) is 0. The van der Waals surface area contributed by atoms with Crippen LogP contribution in [0.5, 0.6) is 5.75 Å². The first-order chi connectivity index (χ1) is 9.51. The fourth-order valence-corrected chi connectivity index (χ4v) is 2.68. The van der Waals surface area contributed by atoms with Crippen LogP contribution in [0.1, 0.15) is 13.8 Å². The fraction of sp³-hybridized carbons (Fsp3) is 0.600. The van der Waals surface area contributed by atoms with E-state index in [0.29, 0.717) is 11.6 Å². The molecule has 1 aliphatic rings. The van der Waals surface area contributed by atoms with Crippen molar-refractivity contribution in [3.8, 4) is 5.75 Å². The van der Waals surface area contributed by atoms with Crippen LogP contribution in [-0.4, -0.2) is 44.7 Å². The molecule has 0 spiro atoms. The number of nitrogens with zero attached hydrogens (tertiary/aromatic N) is 2. The Morgan fingerprint density at radius 3 is 2.45 bits per heavy atom. The Bertz CT molecular complexity index is 457. The third kappa shape index (κ3) is 3.33. The lowest BCUT2D eigenvalue weighted by atomic mass is 10.1. The third-order valence-electron chi connectivity index (χ3n) is 3.64. The van der Waals surface area contributed by atoms with E-state index in [1.165, 1.54) is 13.2 Å². The Kier molecular flexibility index (Phi) is 4.70. The normalized spacial score (nSPS) is 16.8. The molecule has 1 fully saturated rings. The van der Waals surface area contributed by atoms with Crippen LogP contribution in [0, 0.1) is 11.7 Å². The van der Waals surface area contributed by atoms with Gasteiger partial charge in [0, 0.05) is 44.9 Å². The minimum absolute atomic E-state index is 0.249. The van der Waals surface area contributed by atoms with Gasteiger partial charge in [-0.05, 0) is 5.92 Å². The van der Waals surface area contributed by atoms with Crippen molar-refractivity contribution in [3.63, 3.8) is 0 Å². The molecule has 0 radical (unpaired) electrons. The number of piperazine rings is 1. The van der Waals surface area contributed by atoms with Crippen molar-refractivity contribution in [2.45, 2.75) is 13.8 Å². The minimum Gasteiger partial charge on any atom is -0.494 e. The molecule has 2 N–H and O–H groups in total. The highest BCUT2D eigenvalue weighted by Gasteiger charge is 2.20. The molecular weight excluding hydrogens is 257 g/mol. The number of ether oxygens (including phenoxy) is 1. The van der Waals surface area contributed by atoms with Gasteiger partial charge in [-0.3, -0.25) is 4.90 Å². The summed E-state index contributed by atoms with van der Waals surface area (Å²) in [5, 5.41) is 0. The SMILES string of the molecule is COc1cc(N2CCN(CC(C)C)CC2)c(N)cc1F. The highest BCUT2D eigenvalue weighted by Crippen LogP contribution is 2.31. The molecule has 4 nitrogen and oxygen atoms in total. The minimum atomic E-state index is -0.410. The quantitative estimate of drug-likeness (QED) is 0.859. The van der Waals surface area contributed by atoms with Crippen molar-refractivity contribution >= 4 is 11.4 Å². The summed E-state index contributed by atoms with van der Waals surface area (Å²) in [6.45, 7) is 9.42. The van der Waals surface area contributed by atoms with E-state index in [0.717, 1.165) is 38.4 Å². The molecule has 0 aliphatic carbocycles. The summed E-state index contributed by atoms with van der Waals surface area (Å²) < 4.78 is 18.6. The van der Waals surface area contributed by atoms with Crippen LogP contribution >= 0.6 is 0 Å². The maximum Gasteiger partial charge on any atom is 0.167 e. The number of halogens is 1. The monoisotopic (exact) mass is 281 g/mol. The lowest BCUT2D eigenvalue weighted by Crippen LogP contribution is -2.47. The Morgan fingerprint density at radius 2 is 1.90 bits per heavy atom. The van der Waals surface area contributed by atoms with E-state index in [-0.39, 0.29) is 5.75 Å². The molecule has 1 aromatic rings. The molecule has 1 aliphatic heterocycles. The lowest BCUT2D eigenvalue weighted by Gasteiger charge is -2.37. The Balaban J connectivity index is 2.07. The van der Waals surface area contributed by atoms with E-state index < -0.39 is 5.82 Å². The standard InChI is InChI=1S/C15H24FN3O/c1-11(2)10-18-4-6-19(7-5-18)14-9-15(20-3)12(16)8-13(14)17/h8-9,11H,4-7,10,17H2,1-3H3. The van der Waals surface area contributed by atoms with Crippen molar-refractivity contribution < 1.29 is 9.13 Å². The molecule has 1 aromatic carbocycles. The second kappa shape index (κ2) is 6.31. The summed E-state index contributed by atoms with van der Waals surface area (Å²) in [7, 11) is 1.47. The second-order valence-corrected chi connectivity index (χ2v) is 5.73. The topological polar surface area (TPSA) is 41.7 Å². The number of nitrogen functional groups attached to an aromatic ring is 1. The zero-order valence-corrected chi connectivity index (χ0v) is 12.5. The molecule has 0 atom stereocenters. The Labute approximate surface area is 120 Å². The van der Waals surface area contributed by atoms with Crippen LogP contribution < -0.4 is 15.4 Å². The second-order valence-electron chi connectivity index (χ2n) is 5.73. The number of rotatable bonds is 4. The molecule has 1 saturated heterocycles. The van der Waals surface area contributed by atoms with Gasteiger partial charge in [0.1, 0.15) is 0 Å². The molecular formula is C15H24FN3O. The van der Waals surface area contributed by atoms with Crippen LogP contribution in [0.25, 0.3) is 0 Å². The summed E-state index contributed by atoms with van der Waals surface area (Å²) in [4.78, 5) is 4.66. The number of hydrogen-bond donors (Lipinski definition) is 1. The van der Waals surface area contributed by atoms with Crippen LogP contribution in [-0.2, 0) is 0 Å². The van der Waals surface area contributed by atoms with Gasteiger partial charge >= 0.3 is 0 Å². The van der Waals surface area contributed by atoms with E-state index in [1.54, 1.807) is 6.07 Å². The number of anilines is 2. The summed E-state index contributed by atoms with van der Waals surface area (Å²) in [5.41, 5.74) is 7.28. The van der Waals surface area contributed by atoms with Crippen molar-refractivity contribution in [3.05, 3.63) is 17.9 Å². The van der Waals surface area contributed by atoms with Crippen LogP contribution in [0.3, 0.4) is 0 Å². The van der Waals surface area contributed by atoms with Gasteiger partial charge in [-0.2, -0.15) is 0 Å². The molecule has 0 saturated carbocycles. The largest absolute Gasteiger partial charge is 0.494 e. The summed E-state index contributed by atoms with van der Waals surface area (Å²) >= 11 is 0. The van der Waals surface area contributed by atoms with E-state index in [2.05, 4.69) is 23.6 Å². The third-order valence-corrected chi connectivity index (χ3v) is 3.64. The van der Waals surface area contributed by atoms with Crippen LogP contribution in [0.15, 0.2) is 12.1 Å². The van der Waals surface area contributed by atoms with Crippen LogP contribution in [0.2, 0.25) is 0 Å². The van der Waals surface area contributed by atoms with Gasteiger partial charge in [0.25, 0.3) is 0 Å². The van der Waals surface area contributed by atoms with Gasteiger partial charge in [0.15, 0.2) is 11.6 Å². The molecule has 2 rings (SSSR count). The maximum atomic E-state index is 13.6. The molecule has 0 unspecified atom stereocenters. The first kappa shape index (κ1) is 14.9. The Hall–Kier alpha value is -1.49. The molecule has 0 bridgehead atoms. The zero-order valence-electron chi connectivity index (χ0n) is 12.5. The van der Waals surface area contributed by atoms with Gasteiger partial charge in [-0.1, -0.05) is 13.8 Å². The number of methoxy groups -OCH3 is 1. The number of benzene rings is 1. The zero-order chi connectivity index (χ0) is 14.7. The highest BCUT2D eigenvalue weighted by atomic mass is 19.1. The Morgan fingerprint density at radius 1 is 1.25 bits per heavy atom. The maximum absolute atomic E-state index is 13.6. The van der Waals surface area contributed by atoms with Gasteiger partial charge in [-0.15, -0.1) is 0 Å². The average molecular weight is 281 g/mol. The number of nitrogens with two attached hydrogens (primary N) is 1. The van der Waals surface area contributed by atoms with E-state index >= 15 is 0 Å². The predicted molar refractivity (Wildman–Crippen MR) is 80.9 cm³/mol. The van der Waals surface area contributed by atoms with E-state index in [1.807, 2.05) is 0 Å². The van der Waals surface area contributed by atoms with Crippen molar-refractivity contribution in [1.82, 2.24) is 4.90 Å². The van der Waals surface area contributed by atoms with E-state index in [9.17, 15) is 4.39 Å². The molecule has 1 heterocycles. The van der Waals surface area contributed by atoms with Gasteiger partial charge in [0.2, 0.25) is 0 Å². The van der Waals surface area contributed by atoms with Crippen LogP contribution in [0.4, 0.5) is 15.8 Å². The van der Waals surface area contributed by atoms with Gasteiger partial charge in [0.05, 0.1) is 18.5 Å². The van der Waals surface area contributed by atoms with Crippen molar-refractivity contribution in [2.75, 3.05) is 50.5 Å². The van der Waals surface area contributed by atoms with Gasteiger partial charge < -0.3 is 15.4 Å². The lowest BCUT2D eigenvalue weighted by molar-refractivity contribution is 0.231. The predicted octanol–water partition coefficient (Wildman–Crippen LogP) is 2.19. The van der Waals surface area contributed by atoms with E-state index in [4.69, 9.17) is 10.5 Å². The highest BCUT2D eigenvalue weighted by molar-refractivity contribution is 5.70. The molecule has 0 amide bonds. The smallest absolute Gasteiger partial charge is 0.167 e. The summed E-state index contributed by atoms with van der Waals surface area (Å²) in [6, 6.07) is 3.04. The molecule has 112 valence electrons. The molecule has 20 heavy (non-hydrogen) atoms.